The van der Waals surface area contributed by atoms with Gasteiger partial charge in [-0.3, -0.25) is 0 Å². The molecule has 92 valence electrons. The lowest BCUT2D eigenvalue weighted by Crippen LogP contribution is -2.03. The van der Waals surface area contributed by atoms with Crippen LogP contribution in [-0.4, -0.2) is 15.9 Å². The van der Waals surface area contributed by atoms with Gasteiger partial charge in [0.15, 0.2) is 0 Å². The van der Waals surface area contributed by atoms with Gasteiger partial charge in [-0.2, -0.15) is 0 Å². The Labute approximate surface area is 112 Å². The van der Waals surface area contributed by atoms with E-state index in [4.69, 9.17) is 17.3 Å². The van der Waals surface area contributed by atoms with E-state index in [9.17, 15) is 4.79 Å². The number of carbonyl (C=O) groups is 1. The lowest BCUT2D eigenvalue weighted by atomic mass is 9.97. The van der Waals surface area contributed by atoms with E-state index in [0.717, 1.165) is 29.7 Å². The first-order valence-corrected chi connectivity index (χ1v) is 6.29. The summed E-state index contributed by atoms with van der Waals surface area (Å²) in [5, 5.41) is 8.81. The number of hydrogen-bond donors (Lipinski definition) is 1. The fraction of sp³-hybridized carbons (Fsp3) is 0.200. The van der Waals surface area contributed by atoms with Crippen LogP contribution >= 0.6 is 12.2 Å². The molecule has 1 N–H and O–H groups in total. The molecule has 0 heterocycles. The van der Waals surface area contributed by atoms with E-state index in [-0.39, 0.29) is 0 Å². The summed E-state index contributed by atoms with van der Waals surface area (Å²) in [4.78, 5) is 11.7. The molecule has 0 radical (unpaired) electrons. The van der Waals surface area contributed by atoms with Crippen molar-refractivity contribution in [2.24, 2.45) is 0 Å². The van der Waals surface area contributed by atoms with E-state index in [1.54, 1.807) is 12.1 Å². The number of allylic oxidation sites excluding steroid dienone is 4. The molecule has 0 fully saturated rings. The van der Waals surface area contributed by atoms with Gasteiger partial charge in [0.2, 0.25) is 0 Å². The first-order valence-electron chi connectivity index (χ1n) is 5.88. The molecule has 0 saturated carbocycles. The molecule has 18 heavy (non-hydrogen) atoms. The normalized spacial score (nSPS) is 14.4. The number of rotatable bonds is 4. The summed E-state index contributed by atoms with van der Waals surface area (Å²) >= 11 is 5.30. The molecule has 0 bridgehead atoms. The second-order valence-electron chi connectivity index (χ2n) is 4.25. The Bertz CT molecular complexity index is 524. The number of aromatic carboxylic acids is 1. The van der Waals surface area contributed by atoms with Crippen LogP contribution in [0, 0.1) is 0 Å². The Morgan fingerprint density at radius 1 is 1.22 bits per heavy atom. The quantitative estimate of drug-likeness (QED) is 0.839. The number of thiocarbonyl (C=S) groups is 1. The minimum atomic E-state index is -0.886. The largest absolute Gasteiger partial charge is 0.478 e. The summed E-state index contributed by atoms with van der Waals surface area (Å²) in [6.07, 6.45) is 8.83. The molecule has 1 aliphatic rings. The predicted octanol–water partition coefficient (Wildman–Crippen LogP) is 3.57. The van der Waals surface area contributed by atoms with Crippen molar-refractivity contribution in [2.45, 2.75) is 19.3 Å². The summed E-state index contributed by atoms with van der Waals surface area (Å²) in [5.41, 5.74) is 2.68. The highest BCUT2D eigenvalue weighted by Crippen LogP contribution is 2.17. The Kier molecular flexibility index (Phi) is 4.05. The zero-order valence-electron chi connectivity index (χ0n) is 9.93. The first kappa shape index (κ1) is 12.7. The van der Waals surface area contributed by atoms with E-state index in [2.05, 4.69) is 12.2 Å². The van der Waals surface area contributed by atoms with Crippen LogP contribution in [0.25, 0.3) is 0 Å². The zero-order valence-corrected chi connectivity index (χ0v) is 10.7. The molecule has 0 atom stereocenters. The number of benzene rings is 1. The standard InChI is InChI=1S/C15H14O2S/c16-15(17)13-9-6-11(7-10-13)5-8-12-3-1-2-4-14(12)18/h1-3,6-7,9-10H,4-5,8H2,(H,16,17). The van der Waals surface area contributed by atoms with Gasteiger partial charge in [-0.1, -0.05) is 42.6 Å². The Morgan fingerprint density at radius 3 is 2.56 bits per heavy atom. The maximum absolute atomic E-state index is 10.7. The van der Waals surface area contributed by atoms with E-state index < -0.39 is 5.97 Å². The average Bonchev–Trinajstić information content (AvgIpc) is 2.38. The SMILES string of the molecule is O=C(O)c1ccc(CCC2=CC=CCC2=S)cc1. The van der Waals surface area contributed by atoms with Crippen LogP contribution in [-0.2, 0) is 6.42 Å². The van der Waals surface area contributed by atoms with Gasteiger partial charge in [0.25, 0.3) is 0 Å². The van der Waals surface area contributed by atoms with E-state index in [0.29, 0.717) is 5.56 Å². The van der Waals surface area contributed by atoms with Crippen molar-refractivity contribution in [1.82, 2.24) is 0 Å². The summed E-state index contributed by atoms with van der Waals surface area (Å²) in [6.45, 7) is 0. The smallest absolute Gasteiger partial charge is 0.335 e. The summed E-state index contributed by atoms with van der Waals surface area (Å²) in [6, 6.07) is 7.02. The van der Waals surface area contributed by atoms with Gasteiger partial charge in [0, 0.05) is 11.3 Å². The molecule has 3 heteroatoms. The third kappa shape index (κ3) is 3.14. The molecule has 1 aromatic rings. The lowest BCUT2D eigenvalue weighted by molar-refractivity contribution is 0.0697. The minimum Gasteiger partial charge on any atom is -0.478 e. The molecular weight excluding hydrogens is 244 g/mol. The fourth-order valence-electron chi connectivity index (χ4n) is 1.90. The minimum absolute atomic E-state index is 0.328. The molecule has 0 unspecified atom stereocenters. The van der Waals surface area contributed by atoms with Crippen molar-refractivity contribution in [3.05, 3.63) is 59.2 Å². The molecule has 2 nitrogen and oxygen atoms in total. The molecule has 0 saturated heterocycles. The van der Waals surface area contributed by atoms with Crippen molar-refractivity contribution in [3.8, 4) is 0 Å². The second kappa shape index (κ2) is 5.74. The summed E-state index contributed by atoms with van der Waals surface area (Å²) < 4.78 is 0. The Hall–Kier alpha value is -1.74. The maximum atomic E-state index is 10.7. The molecule has 2 rings (SSSR count). The van der Waals surface area contributed by atoms with Crippen LogP contribution in [0.4, 0.5) is 0 Å². The third-order valence-electron chi connectivity index (χ3n) is 2.98. The molecule has 1 aliphatic carbocycles. The van der Waals surface area contributed by atoms with Crippen molar-refractivity contribution >= 4 is 23.1 Å². The fourth-order valence-corrected chi connectivity index (χ4v) is 2.17. The number of carboxylic acid groups (broad SMARTS) is 1. The highest BCUT2D eigenvalue weighted by molar-refractivity contribution is 7.80. The van der Waals surface area contributed by atoms with Gasteiger partial charge in [-0.05, 0) is 36.1 Å². The topological polar surface area (TPSA) is 37.3 Å². The van der Waals surface area contributed by atoms with Crippen LogP contribution in [0.3, 0.4) is 0 Å². The molecule has 1 aromatic carbocycles. The van der Waals surface area contributed by atoms with E-state index in [1.807, 2.05) is 18.2 Å². The Morgan fingerprint density at radius 2 is 1.94 bits per heavy atom. The van der Waals surface area contributed by atoms with Crippen LogP contribution in [0.2, 0.25) is 0 Å². The predicted molar refractivity (Wildman–Crippen MR) is 76.2 cm³/mol. The van der Waals surface area contributed by atoms with E-state index in [1.165, 1.54) is 5.57 Å². The second-order valence-corrected chi connectivity index (χ2v) is 4.74. The summed E-state index contributed by atoms with van der Waals surface area (Å²) in [7, 11) is 0. The van der Waals surface area contributed by atoms with Gasteiger partial charge in [0.1, 0.15) is 0 Å². The van der Waals surface area contributed by atoms with E-state index >= 15 is 0 Å². The van der Waals surface area contributed by atoms with Gasteiger partial charge in [0.05, 0.1) is 5.56 Å². The van der Waals surface area contributed by atoms with Crippen molar-refractivity contribution < 1.29 is 9.90 Å². The number of aryl methyl sites for hydroxylation is 1. The molecular formula is C15H14O2S. The summed E-state index contributed by atoms with van der Waals surface area (Å²) in [5.74, 6) is -0.886. The Balaban J connectivity index is 1.98. The average molecular weight is 258 g/mol. The van der Waals surface area contributed by atoms with Crippen molar-refractivity contribution in [1.29, 1.82) is 0 Å². The highest BCUT2D eigenvalue weighted by Gasteiger charge is 2.07. The van der Waals surface area contributed by atoms with Crippen LogP contribution in [0.15, 0.2) is 48.1 Å². The monoisotopic (exact) mass is 258 g/mol. The third-order valence-corrected chi connectivity index (χ3v) is 3.41. The van der Waals surface area contributed by atoms with Crippen molar-refractivity contribution in [2.75, 3.05) is 0 Å². The van der Waals surface area contributed by atoms with Crippen LogP contribution in [0.1, 0.15) is 28.8 Å². The van der Waals surface area contributed by atoms with Crippen molar-refractivity contribution in [3.63, 3.8) is 0 Å². The molecule has 0 amide bonds. The van der Waals surface area contributed by atoms with Crippen LogP contribution in [0.5, 0.6) is 0 Å². The number of carboxylic acids is 1. The van der Waals surface area contributed by atoms with Gasteiger partial charge < -0.3 is 5.11 Å². The first-order chi connectivity index (χ1) is 8.66. The van der Waals surface area contributed by atoms with Gasteiger partial charge >= 0.3 is 5.97 Å². The zero-order chi connectivity index (χ0) is 13.0. The van der Waals surface area contributed by atoms with Gasteiger partial charge in [-0.15, -0.1) is 0 Å². The molecule has 0 aliphatic heterocycles. The van der Waals surface area contributed by atoms with Gasteiger partial charge in [-0.25, -0.2) is 4.79 Å². The van der Waals surface area contributed by atoms with Crippen LogP contribution < -0.4 is 0 Å². The maximum Gasteiger partial charge on any atom is 0.335 e. The lowest BCUT2D eigenvalue weighted by Gasteiger charge is -2.10. The highest BCUT2D eigenvalue weighted by atomic mass is 32.1. The number of hydrogen-bond acceptors (Lipinski definition) is 2. The molecule has 0 spiro atoms. The molecule has 0 aromatic heterocycles.